The first-order valence-electron chi connectivity index (χ1n) is 5.53. The molecule has 0 saturated heterocycles. The fourth-order valence-electron chi connectivity index (χ4n) is 1.60. The van der Waals surface area contributed by atoms with Crippen molar-refractivity contribution in [3.05, 3.63) is 34.3 Å². The van der Waals surface area contributed by atoms with Crippen LogP contribution in [0.1, 0.15) is 24.1 Å². The quantitative estimate of drug-likeness (QED) is 0.855. The summed E-state index contributed by atoms with van der Waals surface area (Å²) in [5.41, 5.74) is 2.32. The lowest BCUT2D eigenvalue weighted by atomic mass is 10.3. The summed E-state index contributed by atoms with van der Waals surface area (Å²) >= 11 is 1.71. The number of thiophene rings is 1. The zero-order valence-electron chi connectivity index (χ0n) is 8.97. The monoisotopic (exact) mass is 234 g/mol. The smallest absolute Gasteiger partial charge is 0.0965 e. The SMILES string of the molecule is c1cc(Cn2cc(CNC3CC3)nn2)cs1. The molecule has 0 radical (unpaired) electrons. The van der Waals surface area contributed by atoms with Gasteiger partial charge in [-0.25, -0.2) is 4.68 Å². The van der Waals surface area contributed by atoms with Crippen LogP contribution in [-0.2, 0) is 13.1 Å². The van der Waals surface area contributed by atoms with Crippen molar-refractivity contribution >= 4 is 11.3 Å². The highest BCUT2D eigenvalue weighted by Gasteiger charge is 2.20. The Labute approximate surface area is 98.3 Å². The van der Waals surface area contributed by atoms with E-state index in [1.54, 1.807) is 11.3 Å². The Bertz CT molecular complexity index is 444. The first-order chi connectivity index (χ1) is 7.90. The average Bonchev–Trinajstić information content (AvgIpc) is 2.78. The first kappa shape index (κ1) is 9.99. The van der Waals surface area contributed by atoms with Gasteiger partial charge >= 0.3 is 0 Å². The molecule has 3 rings (SSSR count). The van der Waals surface area contributed by atoms with Crippen LogP contribution in [0.2, 0.25) is 0 Å². The van der Waals surface area contributed by atoms with Crippen LogP contribution in [-0.4, -0.2) is 21.0 Å². The van der Waals surface area contributed by atoms with Gasteiger partial charge in [-0.1, -0.05) is 5.21 Å². The van der Waals surface area contributed by atoms with Gasteiger partial charge in [-0.3, -0.25) is 0 Å². The number of nitrogens with one attached hydrogen (secondary N) is 1. The predicted molar refractivity (Wildman–Crippen MR) is 63.3 cm³/mol. The van der Waals surface area contributed by atoms with Gasteiger partial charge in [0.05, 0.1) is 18.4 Å². The summed E-state index contributed by atoms with van der Waals surface area (Å²) in [6.45, 7) is 1.66. The van der Waals surface area contributed by atoms with E-state index in [9.17, 15) is 0 Å². The summed E-state index contributed by atoms with van der Waals surface area (Å²) in [6.07, 6.45) is 4.64. The number of nitrogens with zero attached hydrogens (tertiary/aromatic N) is 3. The van der Waals surface area contributed by atoms with E-state index < -0.39 is 0 Å². The van der Waals surface area contributed by atoms with E-state index in [1.165, 1.54) is 18.4 Å². The molecule has 0 amide bonds. The highest BCUT2D eigenvalue weighted by molar-refractivity contribution is 7.07. The number of rotatable bonds is 5. The van der Waals surface area contributed by atoms with Gasteiger partial charge in [0, 0.05) is 12.6 Å². The van der Waals surface area contributed by atoms with Crippen molar-refractivity contribution in [3.63, 3.8) is 0 Å². The minimum absolute atomic E-state index is 0.724. The third-order valence-corrected chi connectivity index (χ3v) is 3.39. The molecule has 84 valence electrons. The second kappa shape index (κ2) is 4.35. The Hall–Kier alpha value is -1.20. The van der Waals surface area contributed by atoms with Crippen LogP contribution in [0.3, 0.4) is 0 Å². The molecule has 0 atom stereocenters. The Morgan fingerprint density at radius 1 is 1.50 bits per heavy atom. The summed E-state index contributed by atoms with van der Waals surface area (Å²) in [5, 5.41) is 15.9. The van der Waals surface area contributed by atoms with Crippen molar-refractivity contribution in [2.24, 2.45) is 0 Å². The molecule has 1 saturated carbocycles. The van der Waals surface area contributed by atoms with Crippen molar-refractivity contribution in [2.75, 3.05) is 0 Å². The minimum Gasteiger partial charge on any atom is -0.308 e. The van der Waals surface area contributed by atoms with Crippen LogP contribution in [0.5, 0.6) is 0 Å². The molecule has 5 heteroatoms. The largest absolute Gasteiger partial charge is 0.308 e. The van der Waals surface area contributed by atoms with E-state index in [0.29, 0.717) is 0 Å². The zero-order valence-corrected chi connectivity index (χ0v) is 9.78. The lowest BCUT2D eigenvalue weighted by Crippen LogP contribution is -2.15. The summed E-state index contributed by atoms with van der Waals surface area (Å²) in [6, 6.07) is 2.84. The fraction of sp³-hybridized carbons (Fsp3) is 0.455. The summed E-state index contributed by atoms with van der Waals surface area (Å²) in [4.78, 5) is 0. The number of hydrogen-bond donors (Lipinski definition) is 1. The number of aromatic nitrogens is 3. The van der Waals surface area contributed by atoms with Crippen molar-refractivity contribution in [2.45, 2.75) is 32.0 Å². The van der Waals surface area contributed by atoms with Crippen molar-refractivity contribution < 1.29 is 0 Å². The topological polar surface area (TPSA) is 42.7 Å². The maximum Gasteiger partial charge on any atom is 0.0965 e. The fourth-order valence-corrected chi connectivity index (χ4v) is 2.26. The van der Waals surface area contributed by atoms with Crippen LogP contribution in [0.4, 0.5) is 0 Å². The molecule has 0 unspecified atom stereocenters. The van der Waals surface area contributed by atoms with E-state index in [0.717, 1.165) is 24.8 Å². The Kier molecular flexibility index (Phi) is 2.71. The maximum absolute atomic E-state index is 4.15. The van der Waals surface area contributed by atoms with Crippen LogP contribution < -0.4 is 5.32 Å². The zero-order chi connectivity index (χ0) is 10.8. The van der Waals surface area contributed by atoms with Crippen LogP contribution >= 0.6 is 11.3 Å². The molecule has 0 aromatic carbocycles. The van der Waals surface area contributed by atoms with Gasteiger partial charge in [0.1, 0.15) is 0 Å². The van der Waals surface area contributed by atoms with E-state index in [-0.39, 0.29) is 0 Å². The lowest BCUT2D eigenvalue weighted by Gasteiger charge is -1.97. The first-order valence-corrected chi connectivity index (χ1v) is 6.48. The molecule has 1 aliphatic carbocycles. The van der Waals surface area contributed by atoms with Crippen LogP contribution in [0.25, 0.3) is 0 Å². The molecule has 1 fully saturated rings. The minimum atomic E-state index is 0.724. The Morgan fingerprint density at radius 3 is 3.19 bits per heavy atom. The van der Waals surface area contributed by atoms with Gasteiger partial charge in [-0.15, -0.1) is 5.10 Å². The van der Waals surface area contributed by atoms with Crippen molar-refractivity contribution in [1.82, 2.24) is 20.3 Å². The van der Waals surface area contributed by atoms with Gasteiger partial charge in [-0.05, 0) is 35.2 Å². The summed E-state index contributed by atoms with van der Waals surface area (Å²) in [7, 11) is 0. The van der Waals surface area contributed by atoms with E-state index >= 15 is 0 Å². The lowest BCUT2D eigenvalue weighted by molar-refractivity contribution is 0.647. The van der Waals surface area contributed by atoms with Gasteiger partial charge in [-0.2, -0.15) is 11.3 Å². The summed E-state index contributed by atoms with van der Waals surface area (Å²) < 4.78 is 1.89. The molecule has 2 aromatic heterocycles. The van der Waals surface area contributed by atoms with E-state index in [2.05, 4.69) is 32.5 Å². The molecule has 0 spiro atoms. The third-order valence-electron chi connectivity index (χ3n) is 2.66. The second-order valence-electron chi connectivity index (χ2n) is 4.19. The predicted octanol–water partition coefficient (Wildman–Crippen LogP) is 1.64. The maximum atomic E-state index is 4.15. The van der Waals surface area contributed by atoms with Crippen LogP contribution in [0.15, 0.2) is 23.0 Å². The van der Waals surface area contributed by atoms with Gasteiger partial charge < -0.3 is 5.32 Å². The third kappa shape index (κ3) is 2.48. The molecule has 1 aliphatic rings. The van der Waals surface area contributed by atoms with Gasteiger partial charge in [0.2, 0.25) is 0 Å². The molecule has 16 heavy (non-hydrogen) atoms. The van der Waals surface area contributed by atoms with E-state index in [4.69, 9.17) is 0 Å². The molecular weight excluding hydrogens is 220 g/mol. The van der Waals surface area contributed by atoms with E-state index in [1.807, 2.05) is 10.9 Å². The normalized spacial score (nSPS) is 15.5. The molecular formula is C11H14N4S. The number of hydrogen-bond acceptors (Lipinski definition) is 4. The molecule has 0 aliphatic heterocycles. The van der Waals surface area contributed by atoms with Gasteiger partial charge in [0.15, 0.2) is 0 Å². The second-order valence-corrected chi connectivity index (χ2v) is 4.97. The highest BCUT2D eigenvalue weighted by Crippen LogP contribution is 2.18. The average molecular weight is 234 g/mol. The Balaban J connectivity index is 1.58. The molecule has 4 nitrogen and oxygen atoms in total. The van der Waals surface area contributed by atoms with Gasteiger partial charge in [0.25, 0.3) is 0 Å². The molecule has 0 bridgehead atoms. The molecule has 1 N–H and O–H groups in total. The summed E-state index contributed by atoms with van der Waals surface area (Å²) in [5.74, 6) is 0. The molecule has 2 aromatic rings. The standard InChI is InChI=1S/C11H14N4S/c1-2-10(1)12-5-11-7-15(14-13-11)6-9-3-4-16-8-9/h3-4,7-8,10,12H,1-2,5-6H2. The highest BCUT2D eigenvalue weighted by atomic mass is 32.1. The molecule has 2 heterocycles. The van der Waals surface area contributed by atoms with Crippen molar-refractivity contribution in [1.29, 1.82) is 0 Å². The Morgan fingerprint density at radius 2 is 2.44 bits per heavy atom. The van der Waals surface area contributed by atoms with Crippen LogP contribution in [0, 0.1) is 0 Å². The van der Waals surface area contributed by atoms with Crippen molar-refractivity contribution in [3.8, 4) is 0 Å².